The number of amides is 1. The quantitative estimate of drug-likeness (QED) is 0.818. The third kappa shape index (κ3) is 2.65. The molecule has 1 aliphatic rings. The third-order valence-corrected chi connectivity index (χ3v) is 3.51. The van der Waals surface area contributed by atoms with Crippen LogP contribution in [0.2, 0.25) is 0 Å². The number of carboxylic acid groups (broad SMARTS) is 1. The smallest absolute Gasteiger partial charge is 0.328 e. The van der Waals surface area contributed by atoms with Crippen LogP contribution in [0, 0.1) is 5.82 Å². The number of halogens is 1. The van der Waals surface area contributed by atoms with Crippen molar-refractivity contribution in [2.75, 3.05) is 13.7 Å². The van der Waals surface area contributed by atoms with Crippen molar-refractivity contribution in [3.8, 4) is 0 Å². The molecule has 1 aliphatic carbocycles. The molecule has 0 saturated heterocycles. The van der Waals surface area contributed by atoms with Gasteiger partial charge in [-0.25, -0.2) is 9.18 Å². The topological polar surface area (TPSA) is 75.6 Å². The van der Waals surface area contributed by atoms with E-state index < -0.39 is 29.2 Å². The average molecular weight is 281 g/mol. The second-order valence-corrected chi connectivity index (χ2v) is 4.88. The van der Waals surface area contributed by atoms with Crippen molar-refractivity contribution in [1.29, 1.82) is 0 Å². The summed E-state index contributed by atoms with van der Waals surface area (Å²) < 4.78 is 18.6. The van der Waals surface area contributed by atoms with Crippen LogP contribution >= 0.6 is 0 Å². The molecule has 108 valence electrons. The van der Waals surface area contributed by atoms with E-state index in [0.29, 0.717) is 18.4 Å². The summed E-state index contributed by atoms with van der Waals surface area (Å²) in [7, 11) is 1.35. The van der Waals surface area contributed by atoms with Gasteiger partial charge in [0.25, 0.3) is 0 Å². The summed E-state index contributed by atoms with van der Waals surface area (Å²) in [5.74, 6) is -2.09. The zero-order chi connectivity index (χ0) is 14.8. The Labute approximate surface area is 115 Å². The molecule has 0 bridgehead atoms. The van der Waals surface area contributed by atoms with Crippen molar-refractivity contribution in [2.24, 2.45) is 0 Å². The van der Waals surface area contributed by atoms with Gasteiger partial charge in [0.2, 0.25) is 5.91 Å². The maximum Gasteiger partial charge on any atom is 0.328 e. The summed E-state index contributed by atoms with van der Waals surface area (Å²) in [6.07, 6.45) is 1.03. The SMILES string of the molecule is COCC(NC(=O)C1(c2ccccc2F)CC1)C(=O)O. The molecule has 20 heavy (non-hydrogen) atoms. The average Bonchev–Trinajstić information content (AvgIpc) is 3.20. The molecule has 1 saturated carbocycles. The standard InChI is InChI=1S/C14H16FNO4/c1-20-8-11(12(17)18)16-13(19)14(6-7-14)9-4-2-3-5-10(9)15/h2-5,11H,6-8H2,1H3,(H,16,19)(H,17,18). The number of carbonyl (C=O) groups excluding carboxylic acids is 1. The Hall–Kier alpha value is -1.95. The first-order chi connectivity index (χ1) is 9.51. The summed E-state index contributed by atoms with van der Waals surface area (Å²) in [6, 6.07) is 4.95. The molecule has 1 aromatic rings. The first kappa shape index (κ1) is 14.5. The van der Waals surface area contributed by atoms with Crippen LogP contribution in [0.5, 0.6) is 0 Å². The van der Waals surface area contributed by atoms with Gasteiger partial charge in [-0.1, -0.05) is 18.2 Å². The van der Waals surface area contributed by atoms with E-state index >= 15 is 0 Å². The van der Waals surface area contributed by atoms with E-state index in [4.69, 9.17) is 9.84 Å². The lowest BCUT2D eigenvalue weighted by Crippen LogP contribution is -2.48. The maximum absolute atomic E-state index is 13.8. The molecule has 2 N–H and O–H groups in total. The second-order valence-electron chi connectivity index (χ2n) is 4.88. The van der Waals surface area contributed by atoms with Crippen LogP contribution in [-0.2, 0) is 19.7 Å². The fourth-order valence-corrected chi connectivity index (χ4v) is 2.23. The Kier molecular flexibility index (Phi) is 4.04. The highest BCUT2D eigenvalue weighted by Gasteiger charge is 2.53. The predicted octanol–water partition coefficient (Wildman–Crippen LogP) is 1.07. The summed E-state index contributed by atoms with van der Waals surface area (Å²) in [4.78, 5) is 23.3. The van der Waals surface area contributed by atoms with Gasteiger partial charge in [0.1, 0.15) is 5.82 Å². The maximum atomic E-state index is 13.8. The van der Waals surface area contributed by atoms with Crippen LogP contribution in [0.25, 0.3) is 0 Å². The molecule has 1 atom stereocenters. The Bertz CT molecular complexity index is 528. The highest BCUT2D eigenvalue weighted by Crippen LogP contribution is 2.49. The van der Waals surface area contributed by atoms with Gasteiger partial charge in [-0.3, -0.25) is 4.79 Å². The number of hydrogen-bond acceptors (Lipinski definition) is 3. The van der Waals surface area contributed by atoms with E-state index in [1.54, 1.807) is 18.2 Å². The van der Waals surface area contributed by atoms with Gasteiger partial charge in [-0.05, 0) is 18.9 Å². The van der Waals surface area contributed by atoms with Crippen molar-refractivity contribution >= 4 is 11.9 Å². The van der Waals surface area contributed by atoms with E-state index in [0.717, 1.165) is 0 Å². The number of rotatable bonds is 6. The molecule has 1 aromatic carbocycles. The molecule has 0 radical (unpaired) electrons. The number of carbonyl (C=O) groups is 2. The first-order valence-electron chi connectivity index (χ1n) is 6.29. The van der Waals surface area contributed by atoms with Crippen LogP contribution in [0.4, 0.5) is 4.39 Å². The van der Waals surface area contributed by atoms with Crippen molar-refractivity contribution in [2.45, 2.75) is 24.3 Å². The predicted molar refractivity (Wildman–Crippen MR) is 68.8 cm³/mol. The fourth-order valence-electron chi connectivity index (χ4n) is 2.23. The van der Waals surface area contributed by atoms with Crippen LogP contribution in [0.1, 0.15) is 18.4 Å². The molecular formula is C14H16FNO4. The van der Waals surface area contributed by atoms with Gasteiger partial charge in [-0.15, -0.1) is 0 Å². The fraction of sp³-hybridized carbons (Fsp3) is 0.429. The number of aliphatic carboxylic acids is 1. The second kappa shape index (κ2) is 5.58. The molecule has 1 fully saturated rings. The molecule has 2 rings (SSSR count). The highest BCUT2D eigenvalue weighted by atomic mass is 19.1. The van der Waals surface area contributed by atoms with E-state index in [1.807, 2.05) is 0 Å². The van der Waals surface area contributed by atoms with Crippen molar-refractivity contribution < 1.29 is 23.8 Å². The van der Waals surface area contributed by atoms with Gasteiger partial charge < -0.3 is 15.2 Å². The third-order valence-electron chi connectivity index (χ3n) is 3.51. The minimum absolute atomic E-state index is 0.131. The summed E-state index contributed by atoms with van der Waals surface area (Å²) in [5.41, 5.74) is -0.619. The summed E-state index contributed by atoms with van der Waals surface area (Å²) in [6.45, 7) is -0.131. The largest absolute Gasteiger partial charge is 0.480 e. The Morgan fingerprint density at radius 1 is 1.45 bits per heavy atom. The van der Waals surface area contributed by atoms with Crippen LogP contribution in [0.15, 0.2) is 24.3 Å². The van der Waals surface area contributed by atoms with Crippen LogP contribution in [0.3, 0.4) is 0 Å². The van der Waals surface area contributed by atoms with Gasteiger partial charge in [0, 0.05) is 12.7 Å². The normalized spacial score (nSPS) is 17.3. The lowest BCUT2D eigenvalue weighted by molar-refractivity contribution is -0.143. The molecule has 6 heteroatoms. The number of benzene rings is 1. The highest BCUT2D eigenvalue weighted by molar-refractivity contribution is 5.94. The van der Waals surface area contributed by atoms with Crippen LogP contribution < -0.4 is 5.32 Å². The molecule has 1 amide bonds. The molecule has 0 aromatic heterocycles. The monoisotopic (exact) mass is 281 g/mol. The lowest BCUT2D eigenvalue weighted by Gasteiger charge is -2.20. The first-order valence-corrected chi connectivity index (χ1v) is 6.29. The number of ether oxygens (including phenoxy) is 1. The van der Waals surface area contributed by atoms with E-state index in [-0.39, 0.29) is 6.61 Å². The molecule has 0 aliphatic heterocycles. The van der Waals surface area contributed by atoms with E-state index in [9.17, 15) is 14.0 Å². The number of carboxylic acids is 1. The van der Waals surface area contributed by atoms with Gasteiger partial charge >= 0.3 is 5.97 Å². The lowest BCUT2D eigenvalue weighted by atomic mass is 9.94. The molecule has 1 unspecified atom stereocenters. The summed E-state index contributed by atoms with van der Waals surface area (Å²) in [5, 5.41) is 11.4. The van der Waals surface area contributed by atoms with Gasteiger partial charge in [0.15, 0.2) is 6.04 Å². The number of methoxy groups -OCH3 is 1. The Morgan fingerprint density at radius 3 is 2.60 bits per heavy atom. The van der Waals surface area contributed by atoms with E-state index in [2.05, 4.69) is 5.32 Å². The molecule has 5 nitrogen and oxygen atoms in total. The minimum atomic E-state index is -1.18. The Morgan fingerprint density at radius 2 is 2.10 bits per heavy atom. The number of nitrogens with one attached hydrogen (secondary N) is 1. The molecule has 0 heterocycles. The zero-order valence-electron chi connectivity index (χ0n) is 11.1. The zero-order valence-corrected chi connectivity index (χ0v) is 11.1. The van der Waals surface area contributed by atoms with E-state index in [1.165, 1.54) is 13.2 Å². The van der Waals surface area contributed by atoms with Gasteiger partial charge in [-0.2, -0.15) is 0 Å². The van der Waals surface area contributed by atoms with Crippen molar-refractivity contribution in [3.05, 3.63) is 35.6 Å². The Balaban J connectivity index is 2.17. The number of hydrogen-bond donors (Lipinski definition) is 2. The minimum Gasteiger partial charge on any atom is -0.480 e. The van der Waals surface area contributed by atoms with Gasteiger partial charge in [0.05, 0.1) is 12.0 Å². The molecule has 0 spiro atoms. The van der Waals surface area contributed by atoms with Crippen molar-refractivity contribution in [3.63, 3.8) is 0 Å². The molecular weight excluding hydrogens is 265 g/mol. The summed E-state index contributed by atoms with van der Waals surface area (Å²) >= 11 is 0. The van der Waals surface area contributed by atoms with Crippen molar-refractivity contribution in [1.82, 2.24) is 5.32 Å². The van der Waals surface area contributed by atoms with Crippen LogP contribution in [-0.4, -0.2) is 36.7 Å².